The zero-order chi connectivity index (χ0) is 28.6. The minimum absolute atomic E-state index is 0.106. The third-order valence-corrected chi connectivity index (χ3v) is 7.80. The van der Waals surface area contributed by atoms with Gasteiger partial charge in [0.15, 0.2) is 5.82 Å². The number of piperidine rings is 1. The van der Waals surface area contributed by atoms with Gasteiger partial charge in [0, 0.05) is 42.7 Å². The molecule has 3 aromatic heterocycles. The number of hydrogen-bond acceptors (Lipinski definition) is 6. The van der Waals surface area contributed by atoms with Gasteiger partial charge in [-0.05, 0) is 48.7 Å². The largest absolute Gasteiger partial charge is 0.416 e. The first-order chi connectivity index (χ1) is 19.0. The van der Waals surface area contributed by atoms with Crippen LogP contribution in [0.15, 0.2) is 48.9 Å². The first-order valence-corrected chi connectivity index (χ1v) is 13.6. The van der Waals surface area contributed by atoms with E-state index in [2.05, 4.69) is 25.7 Å². The van der Waals surface area contributed by atoms with Gasteiger partial charge in [0.2, 0.25) is 0 Å². The molecule has 0 bridgehead atoms. The Morgan fingerprint density at radius 3 is 2.52 bits per heavy atom. The minimum atomic E-state index is -4.61. The number of halogens is 4. The predicted octanol–water partition coefficient (Wildman–Crippen LogP) is 4.65. The summed E-state index contributed by atoms with van der Waals surface area (Å²) in [5.41, 5.74) is 7.44. The fourth-order valence-corrected chi connectivity index (χ4v) is 5.47. The molecule has 10 nitrogen and oxygen atoms in total. The highest BCUT2D eigenvalue weighted by molar-refractivity contribution is 7.81. The van der Waals surface area contributed by atoms with Gasteiger partial charge >= 0.3 is 12.2 Å². The lowest BCUT2D eigenvalue weighted by Crippen LogP contribution is -2.34. The first kappa shape index (κ1) is 27.5. The Morgan fingerprint density at radius 1 is 1.10 bits per heavy atom. The molecule has 1 fully saturated rings. The summed E-state index contributed by atoms with van der Waals surface area (Å²) in [6.07, 6.45) is 0.801. The number of aromatic nitrogens is 4. The average molecular weight is 577 g/mol. The fourth-order valence-electron chi connectivity index (χ4n) is 4.74. The Bertz CT molecular complexity index is 1600. The molecule has 0 radical (unpaired) electrons. The number of nitrogen functional groups attached to an aromatic ring is 1. The SMILES string of the molecule is CS(=O)N1CCC(c2cc(-c3ccc(NC(=O)Nc4cc(C(F)(F)F)ccn4)c(F)c3)c3c(N)ncnn23)CC1. The van der Waals surface area contributed by atoms with Gasteiger partial charge in [-0.15, -0.1) is 0 Å². The molecule has 210 valence electrons. The third kappa shape index (κ3) is 5.60. The van der Waals surface area contributed by atoms with Crippen LogP contribution in [0, 0.1) is 5.82 Å². The van der Waals surface area contributed by atoms with Crippen molar-refractivity contribution in [1.29, 1.82) is 0 Å². The number of carbonyl (C=O) groups is 1. The Morgan fingerprint density at radius 2 is 1.85 bits per heavy atom. The van der Waals surface area contributed by atoms with Gasteiger partial charge in [0.05, 0.1) is 22.2 Å². The maximum absolute atomic E-state index is 15.1. The molecule has 0 saturated carbocycles. The van der Waals surface area contributed by atoms with Crippen molar-refractivity contribution in [3.8, 4) is 11.1 Å². The van der Waals surface area contributed by atoms with Crippen LogP contribution in [0.25, 0.3) is 16.6 Å². The average Bonchev–Trinajstić information content (AvgIpc) is 3.30. The van der Waals surface area contributed by atoms with E-state index in [0.29, 0.717) is 35.8 Å². The van der Waals surface area contributed by atoms with Gasteiger partial charge in [-0.1, -0.05) is 6.07 Å². The van der Waals surface area contributed by atoms with Crippen molar-refractivity contribution in [2.45, 2.75) is 24.9 Å². The van der Waals surface area contributed by atoms with Crippen molar-refractivity contribution in [3.05, 3.63) is 66.0 Å². The molecule has 1 saturated heterocycles. The van der Waals surface area contributed by atoms with Crippen LogP contribution in [0.4, 0.5) is 39.7 Å². The van der Waals surface area contributed by atoms with Gasteiger partial charge in [-0.3, -0.25) is 5.32 Å². The summed E-state index contributed by atoms with van der Waals surface area (Å²) in [5, 5.41) is 8.83. The minimum Gasteiger partial charge on any atom is -0.382 e. The van der Waals surface area contributed by atoms with Gasteiger partial charge in [0.25, 0.3) is 0 Å². The third-order valence-electron chi connectivity index (χ3n) is 6.70. The van der Waals surface area contributed by atoms with E-state index in [1.807, 2.05) is 10.4 Å². The fraction of sp³-hybridized carbons (Fsp3) is 0.280. The molecule has 1 aromatic carbocycles. The molecule has 5 rings (SSSR count). The number of nitrogens with zero attached hydrogens (tertiary/aromatic N) is 5. The molecular weight excluding hydrogens is 552 g/mol. The zero-order valence-corrected chi connectivity index (χ0v) is 21.9. The predicted molar refractivity (Wildman–Crippen MR) is 142 cm³/mol. The smallest absolute Gasteiger partial charge is 0.382 e. The lowest BCUT2D eigenvalue weighted by atomic mass is 9.94. The number of alkyl halides is 3. The molecule has 1 aliphatic heterocycles. The number of nitrogens with one attached hydrogen (secondary N) is 2. The highest BCUT2D eigenvalue weighted by atomic mass is 32.2. The molecule has 1 atom stereocenters. The van der Waals surface area contributed by atoms with Crippen LogP contribution in [0.1, 0.15) is 30.0 Å². The van der Waals surface area contributed by atoms with E-state index in [1.54, 1.807) is 16.8 Å². The van der Waals surface area contributed by atoms with Crippen molar-refractivity contribution in [2.24, 2.45) is 0 Å². The van der Waals surface area contributed by atoms with Gasteiger partial charge < -0.3 is 11.1 Å². The number of amides is 2. The van der Waals surface area contributed by atoms with Gasteiger partial charge in [0.1, 0.15) is 23.5 Å². The Balaban J connectivity index is 1.38. The van der Waals surface area contributed by atoms with Crippen LogP contribution in [0.5, 0.6) is 0 Å². The number of carbonyl (C=O) groups excluding carboxylic acids is 1. The number of fused-ring (bicyclic) bond motifs is 1. The van der Waals surface area contributed by atoms with Gasteiger partial charge in [-0.25, -0.2) is 32.2 Å². The lowest BCUT2D eigenvalue weighted by molar-refractivity contribution is -0.137. The molecule has 4 heterocycles. The molecular formula is C25H24F4N8O2S. The van der Waals surface area contributed by atoms with Crippen LogP contribution in [0.2, 0.25) is 0 Å². The van der Waals surface area contributed by atoms with Crippen LogP contribution >= 0.6 is 0 Å². The molecule has 0 spiro atoms. The van der Waals surface area contributed by atoms with Crippen LogP contribution < -0.4 is 16.4 Å². The normalized spacial score (nSPS) is 15.7. The summed E-state index contributed by atoms with van der Waals surface area (Å²) in [6.45, 7) is 1.31. The second-order valence-electron chi connectivity index (χ2n) is 9.22. The van der Waals surface area contributed by atoms with Crippen molar-refractivity contribution in [1.82, 2.24) is 23.9 Å². The van der Waals surface area contributed by atoms with E-state index in [4.69, 9.17) is 5.73 Å². The molecule has 40 heavy (non-hydrogen) atoms. The zero-order valence-electron chi connectivity index (χ0n) is 21.1. The van der Waals surface area contributed by atoms with Gasteiger partial charge in [-0.2, -0.15) is 18.3 Å². The summed E-state index contributed by atoms with van der Waals surface area (Å²) in [4.78, 5) is 20.1. The van der Waals surface area contributed by atoms with E-state index in [9.17, 15) is 22.2 Å². The Hall–Kier alpha value is -4.11. The van der Waals surface area contributed by atoms with Crippen LogP contribution in [0.3, 0.4) is 0 Å². The molecule has 4 aromatic rings. The number of hydrogen-bond donors (Lipinski definition) is 3. The maximum Gasteiger partial charge on any atom is 0.416 e. The first-order valence-electron chi connectivity index (χ1n) is 12.1. The molecule has 2 amide bonds. The molecule has 0 aliphatic carbocycles. The topological polar surface area (TPSA) is 131 Å². The van der Waals surface area contributed by atoms with E-state index in [0.717, 1.165) is 30.8 Å². The molecule has 4 N–H and O–H groups in total. The molecule has 1 unspecified atom stereocenters. The number of nitrogens with two attached hydrogens (primary N) is 1. The van der Waals surface area contributed by atoms with Crippen molar-refractivity contribution in [3.63, 3.8) is 0 Å². The van der Waals surface area contributed by atoms with Crippen molar-refractivity contribution in [2.75, 3.05) is 35.7 Å². The second kappa shape index (κ2) is 10.8. The van der Waals surface area contributed by atoms with E-state index in [-0.39, 0.29) is 23.2 Å². The molecule has 1 aliphatic rings. The quantitative estimate of drug-likeness (QED) is 0.297. The summed E-state index contributed by atoms with van der Waals surface area (Å²) in [6, 6.07) is 6.49. The lowest BCUT2D eigenvalue weighted by Gasteiger charge is -2.29. The standard InChI is InChI=1S/C25H24F4N8O2S/c1-40(39)36-8-5-14(6-9-36)20-12-17(22-23(30)32-13-33-37(20)22)15-2-3-19(18(26)10-15)34-24(38)35-21-11-16(4-7-31-21)25(27,28)29/h2-4,7,10-14H,5-6,8-9H2,1H3,(H2,30,32,33)(H2,31,34,35,38). The van der Waals surface area contributed by atoms with E-state index >= 15 is 4.39 Å². The van der Waals surface area contributed by atoms with Crippen LogP contribution in [-0.4, -0.2) is 53.5 Å². The number of anilines is 3. The van der Waals surface area contributed by atoms with E-state index < -0.39 is 34.6 Å². The number of pyridine rings is 1. The van der Waals surface area contributed by atoms with Crippen molar-refractivity contribution >= 4 is 39.9 Å². The number of rotatable bonds is 5. The number of benzene rings is 1. The monoisotopic (exact) mass is 576 g/mol. The Labute approximate surface area is 228 Å². The summed E-state index contributed by atoms with van der Waals surface area (Å²) >= 11 is 0. The highest BCUT2D eigenvalue weighted by Gasteiger charge is 2.31. The second-order valence-corrected chi connectivity index (χ2v) is 10.6. The van der Waals surface area contributed by atoms with E-state index in [1.165, 1.54) is 18.5 Å². The summed E-state index contributed by atoms with van der Waals surface area (Å²) in [5.74, 6) is -0.809. The van der Waals surface area contributed by atoms with Crippen molar-refractivity contribution < 1.29 is 26.6 Å². The summed E-state index contributed by atoms with van der Waals surface area (Å²) in [7, 11) is -1.05. The molecule has 15 heteroatoms. The summed E-state index contributed by atoms with van der Waals surface area (Å²) < 4.78 is 69.3. The number of urea groups is 1. The highest BCUT2D eigenvalue weighted by Crippen LogP contribution is 2.37. The van der Waals surface area contributed by atoms with Crippen LogP contribution in [-0.2, 0) is 17.2 Å². The maximum atomic E-state index is 15.1. The Kier molecular flexibility index (Phi) is 7.42.